The number of carboxylic acids is 1. The minimum atomic E-state index is -1.16. The van der Waals surface area contributed by atoms with Crippen molar-refractivity contribution in [3.8, 4) is 11.5 Å². The van der Waals surface area contributed by atoms with Crippen molar-refractivity contribution in [1.29, 1.82) is 0 Å². The second kappa shape index (κ2) is 11.5. The van der Waals surface area contributed by atoms with E-state index in [0.29, 0.717) is 19.9 Å². The molecule has 0 saturated carbocycles. The maximum absolute atomic E-state index is 12.9. The highest BCUT2D eigenvalue weighted by Crippen LogP contribution is 2.30. The molecule has 1 atom stereocenters. The summed E-state index contributed by atoms with van der Waals surface area (Å²) in [6, 6.07) is 8.47. The van der Waals surface area contributed by atoms with Crippen LogP contribution in [0.5, 0.6) is 11.5 Å². The molecule has 8 nitrogen and oxygen atoms in total. The van der Waals surface area contributed by atoms with Crippen molar-refractivity contribution in [2.24, 2.45) is 0 Å². The van der Waals surface area contributed by atoms with Gasteiger partial charge in [0.05, 0.1) is 5.56 Å². The molecule has 0 aliphatic carbocycles. The van der Waals surface area contributed by atoms with Gasteiger partial charge < -0.3 is 24.6 Å². The minimum absolute atomic E-state index is 0.00716. The van der Waals surface area contributed by atoms with Crippen LogP contribution in [0.2, 0.25) is 5.02 Å². The fourth-order valence-corrected chi connectivity index (χ4v) is 3.78. The van der Waals surface area contributed by atoms with Crippen LogP contribution in [0.1, 0.15) is 57.5 Å². The molecule has 2 aromatic carbocycles. The van der Waals surface area contributed by atoms with Crippen LogP contribution in [0.15, 0.2) is 36.4 Å². The second-order valence-electron chi connectivity index (χ2n) is 9.74. The first-order chi connectivity index (χ1) is 16.0. The van der Waals surface area contributed by atoms with Gasteiger partial charge in [0, 0.05) is 15.0 Å². The lowest BCUT2D eigenvalue weighted by atomic mass is 10.0. The number of benzene rings is 2. The van der Waals surface area contributed by atoms with Gasteiger partial charge >= 0.3 is 18.0 Å². The number of esters is 1. The number of halogens is 2. The van der Waals surface area contributed by atoms with E-state index in [1.807, 2.05) is 22.6 Å². The Hall–Kier alpha value is -2.53. The first-order valence-electron chi connectivity index (χ1n) is 10.8. The largest absolute Gasteiger partial charge is 0.478 e. The number of carboxylic acid groups (broad SMARTS) is 1. The van der Waals surface area contributed by atoms with Crippen molar-refractivity contribution in [2.75, 3.05) is 0 Å². The van der Waals surface area contributed by atoms with Gasteiger partial charge in [-0.05, 0) is 106 Å². The Morgan fingerprint density at radius 1 is 0.971 bits per heavy atom. The molecular weight excluding hydrogens is 589 g/mol. The molecule has 1 amide bonds. The number of nitrogens with one attached hydrogen (secondary N) is 1. The number of carbonyl (C=O) groups excluding carboxylic acids is 2. The molecule has 0 aliphatic heterocycles. The van der Waals surface area contributed by atoms with Crippen molar-refractivity contribution < 1.29 is 33.7 Å². The maximum Gasteiger partial charge on any atom is 0.408 e. The lowest BCUT2D eigenvalue weighted by molar-refractivity contribution is -0.157. The Labute approximate surface area is 223 Å². The molecule has 35 heavy (non-hydrogen) atoms. The van der Waals surface area contributed by atoms with Crippen LogP contribution < -0.4 is 10.1 Å². The van der Waals surface area contributed by atoms with Crippen molar-refractivity contribution in [3.63, 3.8) is 0 Å². The zero-order valence-corrected chi connectivity index (χ0v) is 23.3. The summed E-state index contributed by atoms with van der Waals surface area (Å²) < 4.78 is 17.0. The molecule has 190 valence electrons. The van der Waals surface area contributed by atoms with E-state index in [1.54, 1.807) is 71.9 Å². The van der Waals surface area contributed by atoms with Crippen molar-refractivity contribution >= 4 is 52.2 Å². The standard InChI is InChI=1S/C25H29ClINO7/c1-24(2,3)34-22(31)19(28-23(32)35-25(4,5)6)12-14-11-17(13-18(20(14)27)21(29)30)33-16-9-7-15(26)8-10-16/h7-11,13,19H,12H2,1-6H3,(H,28,32)(H,29,30). The predicted octanol–water partition coefficient (Wildman–Crippen LogP) is 6.21. The molecule has 0 fully saturated rings. The van der Waals surface area contributed by atoms with Gasteiger partial charge in [0.2, 0.25) is 0 Å². The number of aromatic carboxylic acids is 1. The second-order valence-corrected chi connectivity index (χ2v) is 11.3. The number of amides is 1. The van der Waals surface area contributed by atoms with E-state index in [4.69, 9.17) is 25.8 Å². The Balaban J connectivity index is 2.43. The Morgan fingerprint density at radius 3 is 2.06 bits per heavy atom. The first-order valence-corrected chi connectivity index (χ1v) is 12.2. The summed E-state index contributed by atoms with van der Waals surface area (Å²) in [7, 11) is 0. The topological polar surface area (TPSA) is 111 Å². The van der Waals surface area contributed by atoms with Crippen LogP contribution in [0.25, 0.3) is 0 Å². The van der Waals surface area contributed by atoms with E-state index in [-0.39, 0.29) is 17.7 Å². The zero-order chi connectivity index (χ0) is 26.6. The highest BCUT2D eigenvalue weighted by molar-refractivity contribution is 14.1. The molecule has 0 spiro atoms. The van der Waals surface area contributed by atoms with Crippen LogP contribution >= 0.6 is 34.2 Å². The number of ether oxygens (including phenoxy) is 3. The molecule has 1 unspecified atom stereocenters. The summed E-state index contributed by atoms with van der Waals surface area (Å²) in [6.45, 7) is 10.2. The third kappa shape index (κ3) is 9.56. The monoisotopic (exact) mass is 617 g/mol. The molecule has 0 aromatic heterocycles. The molecule has 2 aromatic rings. The van der Waals surface area contributed by atoms with Gasteiger partial charge in [0.25, 0.3) is 0 Å². The van der Waals surface area contributed by atoms with Gasteiger partial charge in [-0.3, -0.25) is 0 Å². The molecule has 0 bridgehead atoms. The Morgan fingerprint density at radius 2 is 1.54 bits per heavy atom. The van der Waals surface area contributed by atoms with E-state index in [0.717, 1.165) is 0 Å². The van der Waals surface area contributed by atoms with Gasteiger partial charge in [0.15, 0.2) is 0 Å². The van der Waals surface area contributed by atoms with Gasteiger partial charge in [-0.1, -0.05) is 11.6 Å². The SMILES string of the molecule is CC(C)(C)OC(=O)NC(Cc1cc(Oc2ccc(Cl)cc2)cc(C(=O)O)c1I)C(=O)OC(C)(C)C. The van der Waals surface area contributed by atoms with E-state index in [9.17, 15) is 19.5 Å². The molecule has 2 N–H and O–H groups in total. The lowest BCUT2D eigenvalue weighted by Crippen LogP contribution is -2.47. The molecule has 10 heteroatoms. The van der Waals surface area contributed by atoms with Crippen LogP contribution in [0.3, 0.4) is 0 Å². The normalized spacial score (nSPS) is 12.5. The Bertz CT molecular complexity index is 1090. The number of carbonyl (C=O) groups is 3. The van der Waals surface area contributed by atoms with E-state index < -0.39 is 35.3 Å². The molecule has 0 saturated heterocycles. The molecule has 2 rings (SSSR count). The predicted molar refractivity (Wildman–Crippen MR) is 140 cm³/mol. The van der Waals surface area contributed by atoms with Gasteiger partial charge in [0.1, 0.15) is 28.7 Å². The number of rotatable bonds is 7. The van der Waals surface area contributed by atoms with Crippen LogP contribution in [-0.4, -0.2) is 40.4 Å². The summed E-state index contributed by atoms with van der Waals surface area (Å²) >= 11 is 7.82. The van der Waals surface area contributed by atoms with Crippen molar-refractivity contribution in [1.82, 2.24) is 5.32 Å². The third-order valence-electron chi connectivity index (χ3n) is 4.21. The summed E-state index contributed by atoms with van der Waals surface area (Å²) in [4.78, 5) is 37.3. The quantitative estimate of drug-likeness (QED) is 0.281. The van der Waals surface area contributed by atoms with Gasteiger partial charge in [-0.15, -0.1) is 0 Å². The summed E-state index contributed by atoms with van der Waals surface area (Å²) in [5.41, 5.74) is -1.11. The first kappa shape index (κ1) is 28.7. The van der Waals surface area contributed by atoms with Gasteiger partial charge in [-0.25, -0.2) is 14.4 Å². The summed E-state index contributed by atoms with van der Waals surface area (Å²) in [6.07, 6.45) is -0.847. The third-order valence-corrected chi connectivity index (χ3v) is 5.73. The maximum atomic E-state index is 12.9. The fraction of sp³-hybridized carbons (Fsp3) is 0.400. The highest BCUT2D eigenvalue weighted by Gasteiger charge is 2.30. The van der Waals surface area contributed by atoms with Gasteiger partial charge in [-0.2, -0.15) is 0 Å². The Kier molecular flexibility index (Phi) is 9.41. The average Bonchev–Trinajstić information content (AvgIpc) is 2.68. The number of hydrogen-bond donors (Lipinski definition) is 2. The molecule has 0 heterocycles. The van der Waals surface area contributed by atoms with Crippen molar-refractivity contribution in [2.45, 2.75) is 65.2 Å². The minimum Gasteiger partial charge on any atom is -0.478 e. The number of alkyl carbamates (subject to hydrolysis) is 1. The highest BCUT2D eigenvalue weighted by atomic mass is 127. The smallest absolute Gasteiger partial charge is 0.408 e. The lowest BCUT2D eigenvalue weighted by Gasteiger charge is -2.26. The van der Waals surface area contributed by atoms with Crippen LogP contribution in [-0.2, 0) is 20.7 Å². The van der Waals surface area contributed by atoms with E-state index in [1.165, 1.54) is 6.07 Å². The fourth-order valence-electron chi connectivity index (χ4n) is 2.89. The van der Waals surface area contributed by atoms with Crippen LogP contribution in [0, 0.1) is 3.57 Å². The molecular formula is C25H29ClINO7. The van der Waals surface area contributed by atoms with E-state index in [2.05, 4.69) is 5.32 Å². The number of hydrogen-bond acceptors (Lipinski definition) is 6. The van der Waals surface area contributed by atoms with Crippen molar-refractivity contribution in [3.05, 3.63) is 56.1 Å². The summed E-state index contributed by atoms with van der Waals surface area (Å²) in [5.74, 6) is -1.14. The molecule has 0 radical (unpaired) electrons. The molecule has 0 aliphatic rings. The average molecular weight is 618 g/mol. The van der Waals surface area contributed by atoms with E-state index >= 15 is 0 Å². The van der Waals surface area contributed by atoms with Crippen LogP contribution in [0.4, 0.5) is 4.79 Å². The zero-order valence-electron chi connectivity index (χ0n) is 20.4. The summed E-state index contributed by atoms with van der Waals surface area (Å²) in [5, 5.41) is 12.8.